The molecule has 10 unspecified atom stereocenters. The van der Waals surface area contributed by atoms with Gasteiger partial charge in [0.15, 0.2) is 12.2 Å². The van der Waals surface area contributed by atoms with Crippen molar-refractivity contribution in [3.63, 3.8) is 0 Å². The van der Waals surface area contributed by atoms with E-state index in [1.807, 2.05) is 68.4 Å². The summed E-state index contributed by atoms with van der Waals surface area (Å²) in [5.74, 6) is 10.3. The fourth-order valence-electron chi connectivity index (χ4n) is 23.6. The standard InChI is InChI=1S/C39H52O4.C31H54O2.C23H28O4.C18H22.C17H20O/c1-3-4-6-9-30-14-20-33(21-15-30)35-24-26-37(27-25-35)38(42-40)39(36-10-7-5-8-11-36)43-41-28-31-16-22-34(23-17-31)32-18-12-29(2)13-19-32;1-6-7-8-9-10-11-12-29(32)33-24-17-19-30(4)23(21-24)13-14-25-27-16-15-26(22(2)3)31(27,5)20-18-28(25)30;1-4-5-6-7-8-18(3)22(24)26-20-13-15-21(16-14-20)27-23(25)19-11-9-17(2)10-12-19;1-4-14(2)13-16-7-11-18(12-8-16)17-9-5-15(3)6-10-17;1-4-14(3)18-17-11-9-16(10-12-17)15-7-5-13(2)6-8-15/h5,7-8,10-11,16-17,22-27,29-30,32-33,38-40H,3-4,6,9,12-15,18-21,28H2,1-2H3;22-28H,6-21H2,1-5H3;9-16,18H,4-8H2,1-3H3;5-12,14H,4,13H2,1-3H3;5-12,14H,4H2,1-3H3/t;23?,24?,25?,26-,27?,28?,30+,31-;;;/m.1.../s1. The highest BCUT2D eigenvalue weighted by Crippen LogP contribution is 2.68. The van der Waals surface area contributed by atoms with Crippen LogP contribution in [0.25, 0.3) is 22.3 Å². The summed E-state index contributed by atoms with van der Waals surface area (Å²) in [5, 5.41) is 10.1. The number of carbonyl (C=O) groups is 3. The van der Waals surface area contributed by atoms with Gasteiger partial charge in [0.2, 0.25) is 0 Å². The zero-order valence-electron chi connectivity index (χ0n) is 88.3. The van der Waals surface area contributed by atoms with Crippen molar-refractivity contribution in [1.82, 2.24) is 0 Å². The number of unbranched alkanes of at least 4 members (excludes halogenated alkanes) is 10. The van der Waals surface area contributed by atoms with Crippen molar-refractivity contribution in [3.05, 3.63) is 280 Å². The van der Waals surface area contributed by atoms with Gasteiger partial charge in [-0.1, -0.05) is 378 Å². The Balaban J connectivity index is 0.000000173. The molecule has 0 aromatic heterocycles. The molecule has 15 rings (SSSR count). The van der Waals surface area contributed by atoms with Gasteiger partial charge >= 0.3 is 17.9 Å². The zero-order valence-corrected chi connectivity index (χ0v) is 88.3. The van der Waals surface area contributed by atoms with E-state index in [1.165, 1.54) is 230 Å². The van der Waals surface area contributed by atoms with Gasteiger partial charge in [-0.3, -0.25) is 14.8 Å². The molecule has 9 aromatic carbocycles. The highest BCUT2D eigenvalue weighted by atomic mass is 17.2. The summed E-state index contributed by atoms with van der Waals surface area (Å²) in [4.78, 5) is 53.7. The van der Waals surface area contributed by atoms with Gasteiger partial charge in [0.05, 0.1) is 17.6 Å². The molecule has 0 bridgehead atoms. The Bertz CT molecular complexity index is 4860. The molecule has 6 aliphatic carbocycles. The van der Waals surface area contributed by atoms with E-state index in [4.69, 9.17) is 33.6 Å². The molecule has 754 valence electrons. The second-order valence-electron chi connectivity index (χ2n) is 43.7. The molecule has 0 amide bonds. The number of hydrogen-bond acceptors (Lipinski definition) is 11. The Morgan fingerprint density at radius 1 is 0.446 bits per heavy atom. The SMILES string of the molecule is CCC(C)Cc1ccc(-c2ccc(C)cc2)cc1.CCC(C)Oc1ccc(-c2ccc(C)cc2)cc1.CCCCCC1CCC(c2ccc(C(OO)C(OOCc3ccc(C4CCC(C)CC4)cc3)c3ccccc3)cc2)CC1.CCCCCCC(C)C(=O)Oc1ccc(OC(=O)c2ccc(C)cc2)cc1.CCCCCCCCC(=O)OC1CC[C@@]2(C)C(CCC3C2CC[C@@]2(C)C3CC[C@@H]2C(C)C)C1. The molecular weight excluding hydrogens is 1710 g/mol. The lowest BCUT2D eigenvalue weighted by molar-refractivity contribution is -0.387. The van der Waals surface area contributed by atoms with E-state index in [9.17, 15) is 19.6 Å². The first kappa shape index (κ1) is 110. The number of fused-ring (bicyclic) bond motifs is 5. The number of aryl methyl sites for hydroxylation is 3. The Hall–Kier alpha value is -8.97. The van der Waals surface area contributed by atoms with Gasteiger partial charge in [-0.2, -0.15) is 0 Å². The summed E-state index contributed by atoms with van der Waals surface area (Å²) in [6, 6.07) is 75.6. The molecule has 1 N–H and O–H groups in total. The van der Waals surface area contributed by atoms with Crippen LogP contribution in [0.4, 0.5) is 0 Å². The van der Waals surface area contributed by atoms with Gasteiger partial charge in [-0.25, -0.2) is 19.5 Å². The van der Waals surface area contributed by atoms with Crippen LogP contribution >= 0.6 is 0 Å². The molecule has 9 aromatic rings. The highest BCUT2D eigenvalue weighted by Gasteiger charge is 2.61. The molecule has 6 fully saturated rings. The third kappa shape index (κ3) is 33.8. The fraction of sp³-hybridized carbons (Fsp3) is 0.555. The van der Waals surface area contributed by atoms with E-state index < -0.39 is 18.2 Å². The molecule has 6 aliphatic rings. The zero-order chi connectivity index (χ0) is 99.1. The van der Waals surface area contributed by atoms with Crippen molar-refractivity contribution in [2.75, 3.05) is 0 Å². The number of esters is 3. The Labute approximate surface area is 840 Å². The summed E-state index contributed by atoms with van der Waals surface area (Å²) in [5.41, 5.74) is 17.4. The Kier molecular flexibility index (Phi) is 45.6. The maximum atomic E-state index is 12.5. The van der Waals surface area contributed by atoms with Gasteiger partial charge in [0.25, 0.3) is 0 Å². The molecule has 13 atom stereocenters. The molecule has 11 nitrogen and oxygen atoms in total. The van der Waals surface area contributed by atoms with Crippen LogP contribution in [0.15, 0.2) is 224 Å². The first-order valence-electron chi connectivity index (χ1n) is 54.9. The van der Waals surface area contributed by atoms with Crippen LogP contribution in [0.1, 0.15) is 399 Å². The van der Waals surface area contributed by atoms with Crippen molar-refractivity contribution < 1.29 is 53.3 Å². The highest BCUT2D eigenvalue weighted by molar-refractivity contribution is 5.91. The normalized spacial score (nSPS) is 22.9. The quantitative estimate of drug-likeness (QED) is 0.0129. The number of ether oxygens (including phenoxy) is 4. The molecule has 6 saturated carbocycles. The predicted molar refractivity (Wildman–Crippen MR) is 574 cm³/mol. The monoisotopic (exact) mass is 1890 g/mol. The van der Waals surface area contributed by atoms with Crippen molar-refractivity contribution in [2.24, 2.45) is 70.0 Å². The van der Waals surface area contributed by atoms with Gasteiger partial charge in [-0.15, -0.1) is 0 Å². The maximum Gasteiger partial charge on any atom is 0.343 e. The average Bonchev–Trinajstić information content (AvgIpc) is 1.68. The van der Waals surface area contributed by atoms with Crippen LogP contribution < -0.4 is 14.2 Å². The van der Waals surface area contributed by atoms with Gasteiger partial charge in [0.1, 0.15) is 30.0 Å². The molecule has 0 radical (unpaired) electrons. The third-order valence-corrected chi connectivity index (χ3v) is 32.9. The molecule has 0 saturated heterocycles. The second-order valence-corrected chi connectivity index (χ2v) is 43.7. The number of carbonyl (C=O) groups excluding carboxylic acids is 3. The predicted octanol–water partition coefficient (Wildman–Crippen LogP) is 36.0. The average molecular weight is 1890 g/mol. The smallest absolute Gasteiger partial charge is 0.343 e. The van der Waals surface area contributed by atoms with E-state index in [-0.39, 0.29) is 30.1 Å². The molecule has 0 heterocycles. The number of rotatable bonds is 40. The summed E-state index contributed by atoms with van der Waals surface area (Å²) < 4.78 is 22.6. The first-order chi connectivity index (χ1) is 67.3. The minimum atomic E-state index is -0.721. The van der Waals surface area contributed by atoms with Crippen LogP contribution in [0.2, 0.25) is 0 Å². The Morgan fingerprint density at radius 2 is 0.942 bits per heavy atom. The molecule has 11 heteroatoms. The van der Waals surface area contributed by atoms with E-state index in [2.05, 4.69) is 230 Å². The van der Waals surface area contributed by atoms with E-state index >= 15 is 0 Å². The van der Waals surface area contributed by atoms with Crippen LogP contribution in [0.3, 0.4) is 0 Å². The van der Waals surface area contributed by atoms with Crippen molar-refractivity contribution >= 4 is 17.9 Å². The van der Waals surface area contributed by atoms with E-state index in [0.717, 1.165) is 126 Å². The minimum absolute atomic E-state index is 0.0758. The summed E-state index contributed by atoms with van der Waals surface area (Å²) in [6.07, 6.45) is 44.1. The third-order valence-electron chi connectivity index (χ3n) is 32.9. The topological polar surface area (TPSA) is 136 Å². The fourth-order valence-corrected chi connectivity index (χ4v) is 23.6. The Morgan fingerprint density at radius 3 is 1.51 bits per heavy atom. The van der Waals surface area contributed by atoms with Crippen LogP contribution in [0, 0.1) is 90.8 Å². The van der Waals surface area contributed by atoms with Gasteiger partial charge < -0.3 is 18.9 Å². The van der Waals surface area contributed by atoms with Crippen molar-refractivity contribution in [1.29, 1.82) is 0 Å². The van der Waals surface area contributed by atoms with Crippen LogP contribution in [-0.4, -0.2) is 35.4 Å². The summed E-state index contributed by atoms with van der Waals surface area (Å²) in [7, 11) is 0. The first-order valence-corrected chi connectivity index (χ1v) is 54.9. The minimum Gasteiger partial charge on any atom is -0.491 e. The molecule has 139 heavy (non-hydrogen) atoms. The number of hydrogen-bond donors (Lipinski definition) is 1. The molecular formula is C128H176O11. The number of benzene rings is 9. The largest absolute Gasteiger partial charge is 0.491 e. The van der Waals surface area contributed by atoms with Crippen LogP contribution in [-0.2, 0) is 42.0 Å². The van der Waals surface area contributed by atoms with E-state index in [1.54, 1.807) is 36.4 Å². The second kappa shape index (κ2) is 57.4. The molecule has 0 aliphatic heterocycles. The maximum absolute atomic E-state index is 12.5. The van der Waals surface area contributed by atoms with Crippen LogP contribution in [0.5, 0.6) is 17.2 Å². The van der Waals surface area contributed by atoms with Gasteiger partial charge in [-0.05, 0) is 330 Å². The summed E-state index contributed by atoms with van der Waals surface area (Å²) >= 11 is 0. The lowest BCUT2D eigenvalue weighted by Gasteiger charge is -2.61. The van der Waals surface area contributed by atoms with Crippen molar-refractivity contribution in [2.45, 2.75) is 385 Å². The van der Waals surface area contributed by atoms with Crippen molar-refractivity contribution in [3.8, 4) is 39.5 Å². The van der Waals surface area contributed by atoms with E-state index in [0.29, 0.717) is 52.8 Å². The lowest BCUT2D eigenvalue weighted by Crippen LogP contribution is -2.54. The molecule has 0 spiro atoms. The van der Waals surface area contributed by atoms with Gasteiger partial charge in [0, 0.05) is 6.42 Å². The lowest BCUT2D eigenvalue weighted by atomic mass is 9.44. The summed E-state index contributed by atoms with van der Waals surface area (Å²) in [6.45, 7) is 36.5.